The molecular weight excluding hydrogens is 628 g/mol. The normalized spacial score (nSPS) is 19.0. The fourth-order valence-corrected chi connectivity index (χ4v) is 7.38. The maximum absolute atomic E-state index is 13.5. The van der Waals surface area contributed by atoms with Crippen LogP contribution in [-0.2, 0) is 10.8 Å². The molecule has 2 amide bonds. The van der Waals surface area contributed by atoms with E-state index < -0.39 is 0 Å². The first kappa shape index (κ1) is 35.4. The number of ketones is 1. The summed E-state index contributed by atoms with van der Waals surface area (Å²) in [5.41, 5.74) is 3.05. The van der Waals surface area contributed by atoms with Crippen molar-refractivity contribution in [1.29, 1.82) is 0 Å². The number of ether oxygens (including phenoxy) is 1. The molecular formula is C39H52N8O3. The lowest BCUT2D eigenvalue weighted by Crippen LogP contribution is -2.42. The third-order valence-corrected chi connectivity index (χ3v) is 10.4. The standard InChI is InChI=1S/C39H52N8O3/c1-37(2,3)31-23-32(42-34(41-31)29(48)19-22-39(46(7)8)20-11-12-21-39)43-36(49)40-28-16-17-30(27-14-10-9-13-26(27)28)50-25-15-18-33-44-45-35(38(4,5)6)47(33)24-25/h9-10,13-15,18,23-24,28,30H,11-12,16-17,19-22H2,1-8H3,(H2,40,41,42,43,49)/t28-,30+/m0/s1. The van der Waals surface area contributed by atoms with Crippen LogP contribution >= 0.6 is 0 Å². The SMILES string of the molecule is CN(C)C1(CCC(=O)c2nc(NC(=O)N[C@H]3CC[C@@H](Oc4ccc5nnc(C(C)(C)C)n5c4)c4ccccc43)cc(C(C)(C)C)n2)CCCC1. The van der Waals surface area contributed by atoms with Gasteiger partial charge in [0, 0.05) is 28.9 Å². The van der Waals surface area contributed by atoms with Crippen LogP contribution in [0.2, 0.25) is 0 Å². The highest BCUT2D eigenvalue weighted by molar-refractivity contribution is 5.94. The van der Waals surface area contributed by atoms with Gasteiger partial charge in [0.05, 0.1) is 17.9 Å². The second-order valence-electron chi connectivity index (χ2n) is 16.3. The third-order valence-electron chi connectivity index (χ3n) is 10.4. The molecule has 1 aromatic carbocycles. The summed E-state index contributed by atoms with van der Waals surface area (Å²) in [5.74, 6) is 1.97. The van der Waals surface area contributed by atoms with Crippen LogP contribution in [0.15, 0.2) is 48.7 Å². The highest BCUT2D eigenvalue weighted by atomic mass is 16.5. The molecule has 3 aromatic heterocycles. The van der Waals surface area contributed by atoms with Crippen LogP contribution in [0.1, 0.15) is 138 Å². The van der Waals surface area contributed by atoms with Gasteiger partial charge < -0.3 is 15.0 Å². The van der Waals surface area contributed by atoms with Crippen molar-refractivity contribution in [2.24, 2.45) is 0 Å². The van der Waals surface area contributed by atoms with Gasteiger partial charge in [-0.1, -0.05) is 78.6 Å². The molecule has 0 spiro atoms. The largest absolute Gasteiger partial charge is 0.484 e. The van der Waals surface area contributed by atoms with Gasteiger partial charge in [-0.15, -0.1) is 10.2 Å². The first-order valence-electron chi connectivity index (χ1n) is 17.9. The Bertz CT molecular complexity index is 1860. The molecule has 2 aliphatic carbocycles. The van der Waals surface area contributed by atoms with Crippen LogP contribution in [-0.4, -0.2) is 60.9 Å². The lowest BCUT2D eigenvalue weighted by Gasteiger charge is -2.36. The number of anilines is 1. The Morgan fingerprint density at radius 3 is 2.34 bits per heavy atom. The predicted molar refractivity (Wildman–Crippen MR) is 195 cm³/mol. The average Bonchev–Trinajstić information content (AvgIpc) is 3.72. The summed E-state index contributed by atoms with van der Waals surface area (Å²) in [5, 5.41) is 14.8. The van der Waals surface area contributed by atoms with E-state index in [4.69, 9.17) is 4.74 Å². The second kappa shape index (κ2) is 13.7. The lowest BCUT2D eigenvalue weighted by atomic mass is 9.85. The molecule has 11 nitrogen and oxygen atoms in total. The van der Waals surface area contributed by atoms with E-state index in [-0.39, 0.29) is 46.2 Å². The number of urea groups is 1. The number of nitrogens with zero attached hydrogens (tertiary/aromatic N) is 6. The zero-order valence-electron chi connectivity index (χ0n) is 30.8. The maximum atomic E-state index is 13.5. The average molecular weight is 681 g/mol. The van der Waals surface area contributed by atoms with E-state index in [2.05, 4.69) is 76.6 Å². The van der Waals surface area contributed by atoms with Gasteiger partial charge in [0.1, 0.15) is 23.5 Å². The highest BCUT2D eigenvalue weighted by Gasteiger charge is 2.36. The van der Waals surface area contributed by atoms with Gasteiger partial charge in [-0.3, -0.25) is 14.5 Å². The minimum atomic E-state index is -0.383. The van der Waals surface area contributed by atoms with Gasteiger partial charge in [-0.25, -0.2) is 14.8 Å². The van der Waals surface area contributed by atoms with Gasteiger partial charge in [0.15, 0.2) is 17.3 Å². The number of carbonyl (C=O) groups is 2. The second-order valence-corrected chi connectivity index (χ2v) is 16.3. The number of carbonyl (C=O) groups excluding carboxylic acids is 2. The van der Waals surface area contributed by atoms with Crippen LogP contribution in [0.5, 0.6) is 5.75 Å². The molecule has 266 valence electrons. The number of Topliss-reactive ketones (excluding diaryl/α,β-unsaturated/α-hetero) is 1. The summed E-state index contributed by atoms with van der Waals surface area (Å²) in [7, 11) is 4.21. The number of pyridine rings is 1. The topological polar surface area (TPSA) is 127 Å². The molecule has 4 aromatic rings. The Balaban J connectivity index is 1.16. The fourth-order valence-electron chi connectivity index (χ4n) is 7.38. The van der Waals surface area contributed by atoms with Gasteiger partial charge in [0.25, 0.3) is 0 Å². The van der Waals surface area contributed by atoms with Crippen LogP contribution in [0.25, 0.3) is 5.65 Å². The van der Waals surface area contributed by atoms with Crippen LogP contribution in [0, 0.1) is 0 Å². The molecule has 2 N–H and O–H groups in total. The molecule has 2 atom stereocenters. The molecule has 2 aliphatic rings. The van der Waals surface area contributed by atoms with E-state index >= 15 is 0 Å². The molecule has 50 heavy (non-hydrogen) atoms. The molecule has 6 rings (SSSR count). The summed E-state index contributed by atoms with van der Waals surface area (Å²) < 4.78 is 8.56. The number of aromatic nitrogens is 5. The molecule has 0 saturated heterocycles. The Hall–Kier alpha value is -4.38. The predicted octanol–water partition coefficient (Wildman–Crippen LogP) is 7.73. The van der Waals surface area contributed by atoms with Crippen molar-refractivity contribution in [2.75, 3.05) is 19.4 Å². The smallest absolute Gasteiger partial charge is 0.320 e. The minimum Gasteiger partial charge on any atom is -0.484 e. The summed E-state index contributed by atoms with van der Waals surface area (Å²) in [6.45, 7) is 12.5. The number of hydrogen-bond acceptors (Lipinski definition) is 8. The zero-order valence-corrected chi connectivity index (χ0v) is 30.8. The Morgan fingerprint density at radius 1 is 0.940 bits per heavy atom. The van der Waals surface area contributed by atoms with Crippen LogP contribution < -0.4 is 15.4 Å². The number of rotatable bonds is 9. The fraction of sp³-hybridized carbons (Fsp3) is 0.538. The summed E-state index contributed by atoms with van der Waals surface area (Å²) >= 11 is 0. The van der Waals surface area contributed by atoms with Crippen molar-refractivity contribution in [3.8, 4) is 5.75 Å². The molecule has 11 heteroatoms. The Morgan fingerprint density at radius 2 is 1.66 bits per heavy atom. The third kappa shape index (κ3) is 7.52. The number of hydrogen-bond donors (Lipinski definition) is 2. The lowest BCUT2D eigenvalue weighted by molar-refractivity contribution is 0.0909. The van der Waals surface area contributed by atoms with Crippen molar-refractivity contribution in [2.45, 2.75) is 121 Å². The Kier molecular flexibility index (Phi) is 9.74. The van der Waals surface area contributed by atoms with Crippen LogP contribution in [0.4, 0.5) is 10.6 Å². The van der Waals surface area contributed by atoms with Gasteiger partial charge in [-0.05, 0) is 69.5 Å². The monoisotopic (exact) mass is 680 g/mol. The van der Waals surface area contributed by atoms with E-state index in [0.29, 0.717) is 30.8 Å². The van der Waals surface area contributed by atoms with Gasteiger partial charge >= 0.3 is 6.03 Å². The quantitative estimate of drug-likeness (QED) is 0.172. The van der Waals surface area contributed by atoms with E-state index in [1.807, 2.05) is 61.7 Å². The molecule has 0 aliphatic heterocycles. The molecule has 1 saturated carbocycles. The van der Waals surface area contributed by atoms with Gasteiger partial charge in [-0.2, -0.15) is 0 Å². The van der Waals surface area contributed by atoms with E-state index in [1.165, 1.54) is 12.8 Å². The van der Waals surface area contributed by atoms with E-state index in [0.717, 1.165) is 47.6 Å². The molecule has 3 heterocycles. The van der Waals surface area contributed by atoms with Crippen molar-refractivity contribution in [1.82, 2.24) is 34.8 Å². The van der Waals surface area contributed by atoms with Crippen molar-refractivity contribution < 1.29 is 14.3 Å². The summed E-state index contributed by atoms with van der Waals surface area (Å²) in [6.07, 6.45) is 8.86. The van der Waals surface area contributed by atoms with Crippen molar-refractivity contribution in [3.05, 3.63) is 77.1 Å². The van der Waals surface area contributed by atoms with Gasteiger partial charge in [0.2, 0.25) is 0 Å². The summed E-state index contributed by atoms with van der Waals surface area (Å²) in [6, 6.07) is 13.1. The van der Waals surface area contributed by atoms with Crippen molar-refractivity contribution >= 4 is 23.3 Å². The molecule has 1 fully saturated rings. The Labute approximate surface area is 295 Å². The van der Waals surface area contributed by atoms with Crippen LogP contribution in [0.3, 0.4) is 0 Å². The first-order chi connectivity index (χ1) is 23.6. The minimum absolute atomic E-state index is 0.0412. The molecule has 0 bridgehead atoms. The molecule has 0 radical (unpaired) electrons. The van der Waals surface area contributed by atoms with Crippen molar-refractivity contribution in [3.63, 3.8) is 0 Å². The van der Waals surface area contributed by atoms with E-state index in [9.17, 15) is 9.59 Å². The zero-order chi connectivity index (χ0) is 35.8. The molecule has 0 unspecified atom stereocenters. The number of amides is 2. The van der Waals surface area contributed by atoms with E-state index in [1.54, 1.807) is 6.07 Å². The number of benzene rings is 1. The maximum Gasteiger partial charge on any atom is 0.320 e. The number of fused-ring (bicyclic) bond motifs is 2. The number of nitrogens with one attached hydrogen (secondary N) is 2. The summed E-state index contributed by atoms with van der Waals surface area (Å²) in [4.78, 5) is 38.5. The highest BCUT2D eigenvalue weighted by Crippen LogP contribution is 2.40. The first-order valence-corrected chi connectivity index (χ1v) is 17.9.